The Labute approximate surface area is 101 Å². The molecule has 1 aromatic carbocycles. The summed E-state index contributed by atoms with van der Waals surface area (Å²) in [7, 11) is 0. The predicted octanol–water partition coefficient (Wildman–Crippen LogP) is 2.48. The highest BCUT2D eigenvalue weighted by Gasteiger charge is 2.12. The Morgan fingerprint density at radius 2 is 1.82 bits per heavy atom. The SMILES string of the molecule is CC(=O)Oc1ccc(OC(=O)C(C)C)c(C)c1. The van der Waals surface area contributed by atoms with Crippen LogP contribution < -0.4 is 9.47 Å². The first kappa shape index (κ1) is 13.2. The van der Waals surface area contributed by atoms with Gasteiger partial charge in [0.15, 0.2) is 0 Å². The first-order chi connectivity index (χ1) is 7.90. The molecule has 0 bridgehead atoms. The average molecular weight is 236 g/mol. The van der Waals surface area contributed by atoms with Crippen LogP contribution in [-0.2, 0) is 9.59 Å². The molecule has 4 nitrogen and oxygen atoms in total. The van der Waals surface area contributed by atoms with Crippen molar-refractivity contribution in [1.29, 1.82) is 0 Å². The molecule has 1 rings (SSSR count). The van der Waals surface area contributed by atoms with Gasteiger partial charge in [0.2, 0.25) is 0 Å². The van der Waals surface area contributed by atoms with E-state index in [1.54, 1.807) is 39.0 Å². The standard InChI is InChI=1S/C13H16O4/c1-8(2)13(15)17-12-6-5-11(7-9(12)3)16-10(4)14/h5-8H,1-4H3. The lowest BCUT2D eigenvalue weighted by Gasteiger charge is -2.10. The molecule has 0 saturated carbocycles. The topological polar surface area (TPSA) is 52.6 Å². The number of esters is 2. The van der Waals surface area contributed by atoms with Crippen LogP contribution in [0.5, 0.6) is 11.5 Å². The van der Waals surface area contributed by atoms with Crippen molar-refractivity contribution in [3.8, 4) is 11.5 Å². The molecule has 0 radical (unpaired) electrons. The van der Waals surface area contributed by atoms with Gasteiger partial charge in [0.25, 0.3) is 0 Å². The van der Waals surface area contributed by atoms with E-state index in [0.29, 0.717) is 11.5 Å². The molecule has 0 unspecified atom stereocenters. The minimum absolute atomic E-state index is 0.178. The van der Waals surface area contributed by atoms with Crippen LogP contribution in [0.2, 0.25) is 0 Å². The molecule has 17 heavy (non-hydrogen) atoms. The van der Waals surface area contributed by atoms with Crippen LogP contribution >= 0.6 is 0 Å². The fraction of sp³-hybridized carbons (Fsp3) is 0.385. The molecule has 92 valence electrons. The zero-order valence-electron chi connectivity index (χ0n) is 10.4. The first-order valence-electron chi connectivity index (χ1n) is 5.41. The van der Waals surface area contributed by atoms with Crippen molar-refractivity contribution in [3.63, 3.8) is 0 Å². The summed E-state index contributed by atoms with van der Waals surface area (Å²) in [6, 6.07) is 4.87. The van der Waals surface area contributed by atoms with Crippen molar-refractivity contribution in [2.24, 2.45) is 5.92 Å². The van der Waals surface area contributed by atoms with Crippen LogP contribution in [0.4, 0.5) is 0 Å². The van der Waals surface area contributed by atoms with Gasteiger partial charge in [0.1, 0.15) is 11.5 Å². The smallest absolute Gasteiger partial charge is 0.313 e. The Bertz CT molecular complexity index is 435. The van der Waals surface area contributed by atoms with Gasteiger partial charge in [-0.1, -0.05) is 13.8 Å². The second-order valence-electron chi connectivity index (χ2n) is 4.10. The largest absolute Gasteiger partial charge is 0.427 e. The van der Waals surface area contributed by atoms with Crippen molar-refractivity contribution >= 4 is 11.9 Å². The summed E-state index contributed by atoms with van der Waals surface area (Å²) in [6.07, 6.45) is 0. The maximum Gasteiger partial charge on any atom is 0.313 e. The molecule has 0 aliphatic carbocycles. The van der Waals surface area contributed by atoms with Gasteiger partial charge >= 0.3 is 11.9 Å². The molecular weight excluding hydrogens is 220 g/mol. The number of ether oxygens (including phenoxy) is 2. The number of rotatable bonds is 3. The Hall–Kier alpha value is -1.84. The maximum atomic E-state index is 11.4. The monoisotopic (exact) mass is 236 g/mol. The Morgan fingerprint density at radius 3 is 2.29 bits per heavy atom. The summed E-state index contributed by atoms with van der Waals surface area (Å²) in [5.41, 5.74) is 0.748. The van der Waals surface area contributed by atoms with E-state index in [4.69, 9.17) is 9.47 Å². The zero-order valence-corrected chi connectivity index (χ0v) is 10.4. The summed E-state index contributed by atoms with van der Waals surface area (Å²) in [6.45, 7) is 6.66. The van der Waals surface area contributed by atoms with Crippen LogP contribution in [-0.4, -0.2) is 11.9 Å². The Kier molecular flexibility index (Phi) is 4.26. The van der Waals surface area contributed by atoms with E-state index in [0.717, 1.165) is 5.56 Å². The van der Waals surface area contributed by atoms with Crippen molar-refractivity contribution in [1.82, 2.24) is 0 Å². The summed E-state index contributed by atoms with van der Waals surface area (Å²) >= 11 is 0. The Balaban J connectivity index is 2.83. The lowest BCUT2D eigenvalue weighted by atomic mass is 10.2. The molecule has 0 aliphatic rings. The third-order valence-corrected chi connectivity index (χ3v) is 2.09. The van der Waals surface area contributed by atoms with Gasteiger partial charge in [0.05, 0.1) is 5.92 Å². The molecule has 0 N–H and O–H groups in total. The Morgan fingerprint density at radius 1 is 1.18 bits per heavy atom. The molecule has 0 aromatic heterocycles. The van der Waals surface area contributed by atoms with Crippen LogP contribution in [0.3, 0.4) is 0 Å². The molecule has 4 heteroatoms. The lowest BCUT2D eigenvalue weighted by Crippen LogP contribution is -2.15. The highest BCUT2D eigenvalue weighted by atomic mass is 16.5. The van der Waals surface area contributed by atoms with Gasteiger partial charge < -0.3 is 9.47 Å². The van der Waals surface area contributed by atoms with Gasteiger partial charge in [-0.15, -0.1) is 0 Å². The molecule has 0 atom stereocenters. The summed E-state index contributed by atoms with van der Waals surface area (Å²) in [5.74, 6) is 0.0890. The highest BCUT2D eigenvalue weighted by Crippen LogP contribution is 2.24. The molecule has 0 aliphatic heterocycles. The van der Waals surface area contributed by atoms with E-state index < -0.39 is 0 Å². The van der Waals surface area contributed by atoms with Crippen molar-refractivity contribution in [2.45, 2.75) is 27.7 Å². The van der Waals surface area contributed by atoms with E-state index in [9.17, 15) is 9.59 Å². The lowest BCUT2D eigenvalue weighted by molar-refractivity contribution is -0.138. The van der Waals surface area contributed by atoms with Crippen LogP contribution in [0.1, 0.15) is 26.3 Å². The minimum atomic E-state index is -0.378. The van der Waals surface area contributed by atoms with Crippen LogP contribution in [0.15, 0.2) is 18.2 Å². The van der Waals surface area contributed by atoms with Gasteiger partial charge in [-0.25, -0.2) is 0 Å². The normalized spacial score (nSPS) is 10.2. The van der Waals surface area contributed by atoms with E-state index in [1.165, 1.54) is 6.92 Å². The number of aryl methyl sites for hydroxylation is 1. The molecule has 0 fully saturated rings. The number of carbonyl (C=O) groups excluding carboxylic acids is 2. The number of hydrogen-bond acceptors (Lipinski definition) is 4. The molecule has 0 amide bonds. The van der Waals surface area contributed by atoms with Crippen molar-refractivity contribution < 1.29 is 19.1 Å². The molecule has 0 saturated heterocycles. The zero-order chi connectivity index (χ0) is 13.0. The first-order valence-corrected chi connectivity index (χ1v) is 5.41. The van der Waals surface area contributed by atoms with Gasteiger partial charge in [-0.3, -0.25) is 9.59 Å². The number of benzene rings is 1. The second kappa shape index (κ2) is 5.48. The molecular formula is C13H16O4. The average Bonchev–Trinajstić information content (AvgIpc) is 2.20. The molecule has 0 spiro atoms. The maximum absolute atomic E-state index is 11.4. The van der Waals surface area contributed by atoms with E-state index >= 15 is 0 Å². The van der Waals surface area contributed by atoms with E-state index in [-0.39, 0.29) is 17.9 Å². The van der Waals surface area contributed by atoms with E-state index in [1.807, 2.05) is 0 Å². The minimum Gasteiger partial charge on any atom is -0.427 e. The molecule has 0 heterocycles. The third-order valence-electron chi connectivity index (χ3n) is 2.09. The van der Waals surface area contributed by atoms with E-state index in [2.05, 4.69) is 0 Å². The summed E-state index contributed by atoms with van der Waals surface area (Å²) < 4.78 is 10.1. The fourth-order valence-corrected chi connectivity index (χ4v) is 1.19. The van der Waals surface area contributed by atoms with Gasteiger partial charge in [-0.2, -0.15) is 0 Å². The van der Waals surface area contributed by atoms with Gasteiger partial charge in [-0.05, 0) is 30.7 Å². The third kappa shape index (κ3) is 3.90. The molecule has 1 aromatic rings. The van der Waals surface area contributed by atoms with Crippen molar-refractivity contribution in [3.05, 3.63) is 23.8 Å². The summed E-state index contributed by atoms with van der Waals surface area (Å²) in [4.78, 5) is 22.2. The number of hydrogen-bond donors (Lipinski definition) is 0. The fourth-order valence-electron chi connectivity index (χ4n) is 1.19. The highest BCUT2D eigenvalue weighted by molar-refractivity contribution is 5.75. The predicted molar refractivity (Wildman–Crippen MR) is 63.0 cm³/mol. The van der Waals surface area contributed by atoms with Crippen molar-refractivity contribution in [2.75, 3.05) is 0 Å². The van der Waals surface area contributed by atoms with Gasteiger partial charge in [0, 0.05) is 6.92 Å². The number of carbonyl (C=O) groups is 2. The second-order valence-corrected chi connectivity index (χ2v) is 4.10. The van der Waals surface area contributed by atoms with Crippen LogP contribution in [0.25, 0.3) is 0 Å². The quantitative estimate of drug-likeness (QED) is 0.597. The van der Waals surface area contributed by atoms with Crippen LogP contribution in [0, 0.1) is 12.8 Å². The summed E-state index contributed by atoms with van der Waals surface area (Å²) in [5, 5.41) is 0.